The fraction of sp³-hybridized carbons (Fsp3) is 0.222. The summed E-state index contributed by atoms with van der Waals surface area (Å²) in [6.45, 7) is 2.10. The Balaban J connectivity index is 2.18. The Bertz CT molecular complexity index is 907. The molecule has 2 heterocycles. The second-order valence-corrected chi connectivity index (χ2v) is 10.4. The quantitative estimate of drug-likeness (QED) is 0.778. The number of fused-ring (bicyclic) bond motifs is 1. The van der Waals surface area contributed by atoms with Gasteiger partial charge in [-0.2, -0.15) is 0 Å². The zero-order valence-electron chi connectivity index (χ0n) is 13.3. The van der Waals surface area contributed by atoms with E-state index >= 15 is 0 Å². The predicted octanol–water partition coefficient (Wildman–Crippen LogP) is 3.95. The average Bonchev–Trinajstić information content (AvgIpc) is 2.46. The van der Waals surface area contributed by atoms with E-state index in [4.69, 9.17) is 0 Å². The summed E-state index contributed by atoms with van der Waals surface area (Å²) in [5.74, 6) is 0. The Morgan fingerprint density at radius 2 is 1.86 bits per heavy atom. The van der Waals surface area contributed by atoms with Crippen LogP contribution in [0, 0.1) is 6.92 Å². The zero-order valence-corrected chi connectivity index (χ0v) is 14.1. The van der Waals surface area contributed by atoms with Gasteiger partial charge in [0.05, 0.1) is 10.9 Å². The van der Waals surface area contributed by atoms with Crippen LogP contribution in [0.3, 0.4) is 0 Å². The number of rotatable bonds is 2. The molecular weight excluding hydrogens is 292 g/mol. The lowest BCUT2D eigenvalue weighted by Crippen LogP contribution is -2.04. The fourth-order valence-corrected chi connectivity index (χ4v) is 3.56. The van der Waals surface area contributed by atoms with Crippen molar-refractivity contribution in [3.8, 4) is 11.3 Å². The number of aromatic amines is 1. The molecule has 3 nitrogen and oxygen atoms in total. The van der Waals surface area contributed by atoms with E-state index in [0.29, 0.717) is 5.39 Å². The van der Waals surface area contributed by atoms with Gasteiger partial charge >= 0.3 is 0 Å². The molecule has 0 saturated carbocycles. The highest BCUT2D eigenvalue weighted by Crippen LogP contribution is 2.46. The molecular formula is C18H20N2OS. The van der Waals surface area contributed by atoms with Crippen molar-refractivity contribution in [3.05, 3.63) is 58.5 Å². The number of aromatic nitrogens is 2. The summed E-state index contributed by atoms with van der Waals surface area (Å²) in [7, 11) is -0.747. The second kappa shape index (κ2) is 5.29. The van der Waals surface area contributed by atoms with Crippen LogP contribution in [0.1, 0.15) is 5.56 Å². The molecule has 0 atom stereocenters. The maximum atomic E-state index is 12.3. The summed E-state index contributed by atoms with van der Waals surface area (Å²) in [6, 6.07) is 10.0. The summed E-state index contributed by atoms with van der Waals surface area (Å²) in [5, 5.41) is 0.625. The lowest BCUT2D eigenvalue weighted by Gasteiger charge is -2.26. The van der Waals surface area contributed by atoms with Crippen molar-refractivity contribution in [2.45, 2.75) is 11.8 Å². The molecule has 0 radical (unpaired) electrons. The van der Waals surface area contributed by atoms with E-state index in [9.17, 15) is 4.79 Å². The zero-order chi connectivity index (χ0) is 15.9. The molecule has 1 aromatic carbocycles. The highest BCUT2D eigenvalue weighted by Gasteiger charge is 2.12. The summed E-state index contributed by atoms with van der Waals surface area (Å²) >= 11 is 0. The average molecular weight is 312 g/mol. The van der Waals surface area contributed by atoms with E-state index in [1.165, 1.54) is 10.5 Å². The summed E-state index contributed by atoms with van der Waals surface area (Å²) < 4.78 is 0. The summed E-state index contributed by atoms with van der Waals surface area (Å²) in [5.41, 5.74) is 3.94. The minimum atomic E-state index is -0.747. The molecule has 0 saturated heterocycles. The number of nitrogens with zero attached hydrogens (tertiary/aromatic N) is 1. The maximum Gasteiger partial charge on any atom is 0.191 e. The number of aryl methyl sites for hydroxylation is 1. The third-order valence-electron chi connectivity index (χ3n) is 3.83. The number of nitrogens with one attached hydrogen (secondary N) is 1. The molecule has 0 aliphatic heterocycles. The molecule has 1 N–H and O–H groups in total. The molecule has 0 amide bonds. The molecule has 0 bridgehead atoms. The predicted molar refractivity (Wildman–Crippen MR) is 96.2 cm³/mol. The molecule has 0 aliphatic carbocycles. The normalized spacial score (nSPS) is 12.5. The van der Waals surface area contributed by atoms with Gasteiger partial charge in [-0.3, -0.25) is 9.78 Å². The van der Waals surface area contributed by atoms with Gasteiger partial charge in [0.15, 0.2) is 5.43 Å². The minimum Gasteiger partial charge on any atom is -0.354 e. The van der Waals surface area contributed by atoms with Crippen molar-refractivity contribution in [1.29, 1.82) is 0 Å². The van der Waals surface area contributed by atoms with E-state index in [0.717, 1.165) is 16.8 Å². The molecule has 4 heteroatoms. The first-order valence-corrected chi connectivity index (χ1v) is 9.98. The van der Waals surface area contributed by atoms with Crippen LogP contribution in [0.25, 0.3) is 22.2 Å². The molecule has 0 aliphatic rings. The van der Waals surface area contributed by atoms with E-state index in [-0.39, 0.29) is 5.43 Å². The number of pyridine rings is 2. The number of H-pyrrole nitrogens is 1. The van der Waals surface area contributed by atoms with Crippen molar-refractivity contribution in [1.82, 2.24) is 9.97 Å². The van der Waals surface area contributed by atoms with E-state index in [1.807, 2.05) is 6.07 Å². The number of benzene rings is 1. The standard InChI is InChI=1S/C18H20N2OS/c1-12-9-13(22(2,3)4)5-6-14(12)17-10-18(21)15-11-19-8-7-16(15)20-17/h5-11H,1-4H3,(H,20,21). The van der Waals surface area contributed by atoms with Gasteiger partial charge in [0.1, 0.15) is 0 Å². The van der Waals surface area contributed by atoms with Crippen LogP contribution in [0.5, 0.6) is 0 Å². The van der Waals surface area contributed by atoms with Crippen LogP contribution in [0.4, 0.5) is 0 Å². The molecule has 2 aromatic heterocycles. The molecule has 114 valence electrons. The Hall–Kier alpha value is -2.07. The van der Waals surface area contributed by atoms with Gasteiger partial charge < -0.3 is 4.98 Å². The summed E-state index contributed by atoms with van der Waals surface area (Å²) in [6.07, 6.45) is 10.2. The topological polar surface area (TPSA) is 45.8 Å². The Labute approximate surface area is 131 Å². The van der Waals surface area contributed by atoms with Crippen molar-refractivity contribution in [3.63, 3.8) is 0 Å². The van der Waals surface area contributed by atoms with E-state index in [2.05, 4.69) is 53.9 Å². The van der Waals surface area contributed by atoms with Crippen LogP contribution >= 0.6 is 10.0 Å². The van der Waals surface area contributed by atoms with Crippen LogP contribution in [0.15, 0.2) is 52.4 Å². The van der Waals surface area contributed by atoms with Crippen molar-refractivity contribution in [2.75, 3.05) is 18.8 Å². The molecule has 0 unspecified atom stereocenters. The van der Waals surface area contributed by atoms with Gasteiger partial charge in [0.2, 0.25) is 0 Å². The van der Waals surface area contributed by atoms with Crippen LogP contribution < -0.4 is 5.43 Å². The highest BCUT2D eigenvalue weighted by atomic mass is 32.3. The van der Waals surface area contributed by atoms with Gasteiger partial charge in [-0.1, -0.05) is 6.07 Å². The van der Waals surface area contributed by atoms with Gasteiger partial charge in [-0.15, -0.1) is 0 Å². The van der Waals surface area contributed by atoms with E-state index in [1.54, 1.807) is 18.5 Å². The molecule has 3 aromatic rings. The highest BCUT2D eigenvalue weighted by molar-refractivity contribution is 8.32. The minimum absolute atomic E-state index is 0.00164. The number of hydrogen-bond donors (Lipinski definition) is 1. The second-order valence-electron chi connectivity index (χ2n) is 6.28. The molecule has 0 fully saturated rings. The SMILES string of the molecule is Cc1cc(S(C)(C)C)ccc1-c1cc(=O)c2cnccc2[nH]1. The molecule has 0 spiro atoms. The van der Waals surface area contributed by atoms with Crippen LogP contribution in [0.2, 0.25) is 0 Å². The van der Waals surface area contributed by atoms with Crippen LogP contribution in [-0.2, 0) is 0 Å². The summed E-state index contributed by atoms with van der Waals surface area (Å²) in [4.78, 5) is 21.0. The van der Waals surface area contributed by atoms with Gasteiger partial charge in [0.25, 0.3) is 0 Å². The largest absolute Gasteiger partial charge is 0.354 e. The van der Waals surface area contributed by atoms with Gasteiger partial charge in [-0.05, 0) is 54.3 Å². The maximum absolute atomic E-state index is 12.3. The van der Waals surface area contributed by atoms with Crippen molar-refractivity contribution in [2.24, 2.45) is 0 Å². The van der Waals surface area contributed by atoms with Crippen LogP contribution in [-0.4, -0.2) is 28.7 Å². The lowest BCUT2D eigenvalue weighted by molar-refractivity contribution is 1.28. The third-order valence-corrected chi connectivity index (χ3v) is 5.49. The fourth-order valence-electron chi connectivity index (χ4n) is 2.55. The van der Waals surface area contributed by atoms with Crippen molar-refractivity contribution < 1.29 is 0 Å². The Morgan fingerprint density at radius 1 is 1.09 bits per heavy atom. The van der Waals surface area contributed by atoms with Gasteiger partial charge in [0, 0.05) is 29.7 Å². The van der Waals surface area contributed by atoms with Gasteiger partial charge in [-0.25, -0.2) is 10.0 Å². The Kier molecular flexibility index (Phi) is 3.57. The number of hydrogen-bond acceptors (Lipinski definition) is 2. The first-order valence-electron chi connectivity index (χ1n) is 7.13. The lowest BCUT2D eigenvalue weighted by atomic mass is 10.0. The molecule has 22 heavy (non-hydrogen) atoms. The molecule has 3 rings (SSSR count). The third kappa shape index (κ3) is 2.66. The Morgan fingerprint density at radius 3 is 2.55 bits per heavy atom. The monoisotopic (exact) mass is 312 g/mol. The van der Waals surface area contributed by atoms with Crippen molar-refractivity contribution >= 4 is 20.9 Å². The smallest absolute Gasteiger partial charge is 0.191 e. The first kappa shape index (κ1) is 14.9. The van der Waals surface area contributed by atoms with E-state index < -0.39 is 10.0 Å². The first-order chi connectivity index (χ1) is 10.4.